The van der Waals surface area contributed by atoms with Crippen LogP contribution in [0.4, 0.5) is 8.78 Å². The number of fused-ring (bicyclic) bond motifs is 1. The van der Waals surface area contributed by atoms with Crippen molar-refractivity contribution in [3.8, 4) is 0 Å². The molecular formula is C17H22F2N2O2. The number of halogens is 2. The molecular weight excluding hydrogens is 302 g/mol. The second-order valence-corrected chi connectivity index (χ2v) is 6.70. The summed E-state index contributed by atoms with van der Waals surface area (Å²) in [5.74, 6) is -1.46. The van der Waals surface area contributed by atoms with E-state index in [1.807, 2.05) is 0 Å². The second-order valence-electron chi connectivity index (χ2n) is 6.70. The monoisotopic (exact) mass is 324 g/mol. The van der Waals surface area contributed by atoms with Crippen molar-refractivity contribution in [3.05, 3.63) is 34.9 Å². The molecule has 1 atom stereocenters. The van der Waals surface area contributed by atoms with E-state index in [0.717, 1.165) is 18.9 Å². The zero-order valence-electron chi connectivity index (χ0n) is 13.3. The van der Waals surface area contributed by atoms with Crippen LogP contribution in [0.1, 0.15) is 43.2 Å². The van der Waals surface area contributed by atoms with Gasteiger partial charge in [-0.15, -0.1) is 0 Å². The number of nitrogens with one attached hydrogen (secondary N) is 1. The van der Waals surface area contributed by atoms with Crippen LogP contribution in [-0.4, -0.2) is 25.2 Å². The minimum absolute atomic E-state index is 0.290. The van der Waals surface area contributed by atoms with Gasteiger partial charge in [-0.1, -0.05) is 12.8 Å². The fourth-order valence-electron chi connectivity index (χ4n) is 3.92. The minimum Gasteiger partial charge on any atom is -0.468 e. The quantitative estimate of drug-likeness (QED) is 0.833. The molecule has 3 N–H and O–H groups in total. The molecule has 3 rings (SSSR count). The highest BCUT2D eigenvalue weighted by Crippen LogP contribution is 2.38. The number of methoxy groups -OCH3 is 1. The molecule has 1 fully saturated rings. The zero-order chi connectivity index (χ0) is 16.7. The molecule has 6 heteroatoms. The first-order chi connectivity index (χ1) is 10.9. The largest absolute Gasteiger partial charge is 0.468 e. The number of carbonyl (C=O) groups excluding carboxylic acids is 1. The van der Waals surface area contributed by atoms with E-state index in [1.165, 1.54) is 13.2 Å². The standard InChI is InChI=1S/C17H22F2N2O2/c1-23-15(22)17(5-2-3-6-17)21-10-16(20)7-4-12-13(16)8-11(18)9-14(12)19/h8-9,21H,2-7,10,20H2,1H3. The summed E-state index contributed by atoms with van der Waals surface area (Å²) in [6.07, 6.45) is 4.27. The van der Waals surface area contributed by atoms with E-state index in [2.05, 4.69) is 5.32 Å². The molecule has 126 valence electrons. The van der Waals surface area contributed by atoms with Gasteiger partial charge in [-0.05, 0) is 42.9 Å². The van der Waals surface area contributed by atoms with Crippen molar-refractivity contribution >= 4 is 5.97 Å². The summed E-state index contributed by atoms with van der Waals surface area (Å²) < 4.78 is 32.4. The van der Waals surface area contributed by atoms with Crippen molar-refractivity contribution < 1.29 is 18.3 Å². The Bertz CT molecular complexity index is 629. The smallest absolute Gasteiger partial charge is 0.326 e. The summed E-state index contributed by atoms with van der Waals surface area (Å²) in [7, 11) is 1.37. The fourth-order valence-corrected chi connectivity index (χ4v) is 3.92. The number of esters is 1. The van der Waals surface area contributed by atoms with Gasteiger partial charge in [0.15, 0.2) is 0 Å². The van der Waals surface area contributed by atoms with Gasteiger partial charge in [-0.2, -0.15) is 0 Å². The van der Waals surface area contributed by atoms with Crippen LogP contribution in [0.15, 0.2) is 12.1 Å². The number of nitrogens with two attached hydrogens (primary N) is 1. The lowest BCUT2D eigenvalue weighted by molar-refractivity contribution is -0.148. The molecule has 2 aliphatic rings. The number of ether oxygens (including phenoxy) is 1. The Kier molecular flexibility index (Phi) is 4.14. The average Bonchev–Trinajstić information content (AvgIpc) is 3.12. The van der Waals surface area contributed by atoms with E-state index in [0.29, 0.717) is 36.8 Å². The summed E-state index contributed by atoms with van der Waals surface area (Å²) in [6.45, 7) is 0.290. The summed E-state index contributed by atoms with van der Waals surface area (Å²) in [4.78, 5) is 12.2. The second kappa shape index (κ2) is 5.83. The summed E-state index contributed by atoms with van der Waals surface area (Å²) in [6, 6.07) is 2.21. The van der Waals surface area contributed by atoms with Crippen molar-refractivity contribution in [1.29, 1.82) is 0 Å². The van der Waals surface area contributed by atoms with E-state index >= 15 is 0 Å². The van der Waals surface area contributed by atoms with Crippen LogP contribution in [0.5, 0.6) is 0 Å². The predicted octanol–water partition coefficient (Wildman–Crippen LogP) is 2.14. The third kappa shape index (κ3) is 2.74. The first-order valence-electron chi connectivity index (χ1n) is 8.01. The van der Waals surface area contributed by atoms with Gasteiger partial charge in [0.2, 0.25) is 0 Å². The van der Waals surface area contributed by atoms with E-state index in [9.17, 15) is 13.6 Å². The molecule has 0 bridgehead atoms. The van der Waals surface area contributed by atoms with Gasteiger partial charge in [0.05, 0.1) is 12.6 Å². The van der Waals surface area contributed by atoms with Gasteiger partial charge in [-0.3, -0.25) is 10.1 Å². The Hall–Kier alpha value is -1.53. The normalized spacial score (nSPS) is 25.4. The van der Waals surface area contributed by atoms with Crippen molar-refractivity contribution in [2.75, 3.05) is 13.7 Å². The maximum atomic E-state index is 13.9. The van der Waals surface area contributed by atoms with Gasteiger partial charge in [0.1, 0.15) is 17.2 Å². The van der Waals surface area contributed by atoms with Gasteiger partial charge < -0.3 is 10.5 Å². The molecule has 0 aromatic heterocycles. The topological polar surface area (TPSA) is 64.3 Å². The van der Waals surface area contributed by atoms with Crippen LogP contribution in [0, 0.1) is 11.6 Å². The highest BCUT2D eigenvalue weighted by atomic mass is 19.1. The minimum atomic E-state index is -0.873. The molecule has 2 aliphatic carbocycles. The van der Waals surface area contributed by atoms with E-state index in [-0.39, 0.29) is 12.5 Å². The molecule has 1 aromatic carbocycles. The Morgan fingerprint density at radius 3 is 2.65 bits per heavy atom. The van der Waals surface area contributed by atoms with Gasteiger partial charge >= 0.3 is 5.97 Å². The molecule has 4 nitrogen and oxygen atoms in total. The Morgan fingerprint density at radius 2 is 2.00 bits per heavy atom. The summed E-state index contributed by atoms with van der Waals surface area (Å²) >= 11 is 0. The van der Waals surface area contributed by atoms with Crippen molar-refractivity contribution in [3.63, 3.8) is 0 Å². The fraction of sp³-hybridized carbons (Fsp3) is 0.588. The Morgan fingerprint density at radius 1 is 1.30 bits per heavy atom. The first-order valence-corrected chi connectivity index (χ1v) is 8.01. The molecule has 0 radical (unpaired) electrons. The molecule has 0 aliphatic heterocycles. The van der Waals surface area contributed by atoms with Crippen LogP contribution < -0.4 is 11.1 Å². The maximum absolute atomic E-state index is 13.9. The molecule has 23 heavy (non-hydrogen) atoms. The lowest BCUT2D eigenvalue weighted by Gasteiger charge is -2.33. The van der Waals surface area contributed by atoms with Gasteiger partial charge in [-0.25, -0.2) is 8.78 Å². The average molecular weight is 324 g/mol. The van der Waals surface area contributed by atoms with Crippen molar-refractivity contribution in [1.82, 2.24) is 5.32 Å². The van der Waals surface area contributed by atoms with Crippen molar-refractivity contribution in [2.24, 2.45) is 5.73 Å². The van der Waals surface area contributed by atoms with Crippen LogP contribution >= 0.6 is 0 Å². The summed E-state index contributed by atoms with van der Waals surface area (Å²) in [5.41, 5.74) is 5.82. The van der Waals surface area contributed by atoms with E-state index in [1.54, 1.807) is 0 Å². The van der Waals surface area contributed by atoms with Crippen LogP contribution in [0.3, 0.4) is 0 Å². The van der Waals surface area contributed by atoms with Crippen LogP contribution in [0.25, 0.3) is 0 Å². The molecule has 0 heterocycles. The van der Waals surface area contributed by atoms with E-state index in [4.69, 9.17) is 10.5 Å². The number of carbonyl (C=O) groups is 1. The Labute approximate surface area is 134 Å². The highest BCUT2D eigenvalue weighted by Gasteiger charge is 2.45. The lowest BCUT2D eigenvalue weighted by Crippen LogP contribution is -2.56. The molecule has 0 spiro atoms. The van der Waals surface area contributed by atoms with Crippen molar-refractivity contribution in [2.45, 2.75) is 49.6 Å². The third-order valence-electron chi connectivity index (χ3n) is 5.29. The van der Waals surface area contributed by atoms with Gasteiger partial charge in [0, 0.05) is 12.6 Å². The lowest BCUT2D eigenvalue weighted by atomic mass is 9.90. The first kappa shape index (κ1) is 16.3. The third-order valence-corrected chi connectivity index (χ3v) is 5.29. The van der Waals surface area contributed by atoms with Gasteiger partial charge in [0.25, 0.3) is 0 Å². The van der Waals surface area contributed by atoms with E-state index < -0.39 is 22.7 Å². The SMILES string of the molecule is COC(=O)C1(NCC2(N)CCc3c(F)cc(F)cc32)CCCC1. The highest BCUT2D eigenvalue weighted by molar-refractivity contribution is 5.81. The Balaban J connectivity index is 1.83. The predicted molar refractivity (Wildman–Crippen MR) is 81.8 cm³/mol. The van der Waals surface area contributed by atoms with Crippen LogP contribution in [-0.2, 0) is 21.5 Å². The number of rotatable bonds is 4. The number of benzene rings is 1. The molecule has 1 unspecified atom stereocenters. The number of hydrogen-bond acceptors (Lipinski definition) is 4. The van der Waals surface area contributed by atoms with Crippen LogP contribution in [0.2, 0.25) is 0 Å². The maximum Gasteiger partial charge on any atom is 0.326 e. The number of hydrogen-bond donors (Lipinski definition) is 2. The molecule has 1 aromatic rings. The molecule has 0 saturated heterocycles. The summed E-state index contributed by atoms with van der Waals surface area (Å²) in [5, 5.41) is 3.26. The molecule has 1 saturated carbocycles. The molecule has 0 amide bonds. The zero-order valence-corrected chi connectivity index (χ0v) is 13.3.